The van der Waals surface area contributed by atoms with Crippen molar-refractivity contribution in [2.45, 2.75) is 18.9 Å². The van der Waals surface area contributed by atoms with Crippen LogP contribution in [0.4, 0.5) is 11.4 Å². The highest BCUT2D eigenvalue weighted by Gasteiger charge is 2.44. The van der Waals surface area contributed by atoms with Gasteiger partial charge < -0.3 is 38.4 Å². The number of piperazine rings is 1. The molecule has 43 heavy (non-hydrogen) atoms. The van der Waals surface area contributed by atoms with Gasteiger partial charge >= 0.3 is 0 Å². The van der Waals surface area contributed by atoms with Crippen molar-refractivity contribution in [3.63, 3.8) is 0 Å². The van der Waals surface area contributed by atoms with Crippen LogP contribution in [0.1, 0.15) is 24.4 Å². The van der Waals surface area contributed by atoms with Gasteiger partial charge in [-0.3, -0.25) is 9.59 Å². The summed E-state index contributed by atoms with van der Waals surface area (Å²) in [6.45, 7) is 2.62. The number of rotatable bonds is 9. The second-order valence-electron chi connectivity index (χ2n) is 10.5. The summed E-state index contributed by atoms with van der Waals surface area (Å²) >= 11 is 0. The summed E-state index contributed by atoms with van der Waals surface area (Å²) in [6.07, 6.45) is 0.694. The van der Waals surface area contributed by atoms with Gasteiger partial charge in [0, 0.05) is 50.4 Å². The van der Waals surface area contributed by atoms with Gasteiger partial charge in [-0.1, -0.05) is 12.1 Å². The number of benzene rings is 3. The third kappa shape index (κ3) is 6.00. The van der Waals surface area contributed by atoms with Gasteiger partial charge in [0.25, 0.3) is 0 Å². The number of hydrogen-bond acceptors (Lipinski definition) is 8. The minimum atomic E-state index is -0.540. The quantitative estimate of drug-likeness (QED) is 0.359. The fourth-order valence-electron chi connectivity index (χ4n) is 6.06. The van der Waals surface area contributed by atoms with Crippen LogP contribution in [0.25, 0.3) is 0 Å². The van der Waals surface area contributed by atoms with Crippen LogP contribution in [-0.2, 0) is 9.59 Å². The number of carbonyl (C=O) groups is 2. The molecule has 2 atom stereocenters. The lowest BCUT2D eigenvalue weighted by atomic mass is 9.82. The van der Waals surface area contributed by atoms with Crippen LogP contribution >= 0.6 is 0 Å². The van der Waals surface area contributed by atoms with E-state index in [4.69, 9.17) is 23.7 Å². The van der Waals surface area contributed by atoms with Gasteiger partial charge in [-0.15, -0.1) is 0 Å². The Morgan fingerprint density at radius 2 is 1.26 bits per heavy atom. The SMILES string of the molecule is COc1ccc([C@H]2[C@@H](C(=O)N3CCN(c4ccc(OC)cc4)CC3)CCC(=O)N2c2cc(OC)c(OC)c(OC)c2)cc1. The van der Waals surface area contributed by atoms with Gasteiger partial charge in [0.2, 0.25) is 17.6 Å². The van der Waals surface area contributed by atoms with Crippen molar-refractivity contribution >= 4 is 23.2 Å². The number of amides is 2. The molecule has 2 amide bonds. The molecule has 10 nitrogen and oxygen atoms in total. The molecular weight excluding hydrogens is 550 g/mol. The summed E-state index contributed by atoms with van der Waals surface area (Å²) < 4.78 is 27.4. The van der Waals surface area contributed by atoms with E-state index in [1.165, 1.54) is 21.3 Å². The first-order valence-corrected chi connectivity index (χ1v) is 14.4. The molecule has 0 unspecified atom stereocenters. The Balaban J connectivity index is 1.46. The van der Waals surface area contributed by atoms with Crippen LogP contribution in [0.3, 0.4) is 0 Å². The van der Waals surface area contributed by atoms with E-state index in [0.29, 0.717) is 61.3 Å². The van der Waals surface area contributed by atoms with Crippen molar-refractivity contribution in [1.29, 1.82) is 0 Å². The summed E-state index contributed by atoms with van der Waals surface area (Å²) in [6, 6.07) is 18.5. The molecule has 10 heteroatoms. The van der Waals surface area contributed by atoms with Gasteiger partial charge in [-0.2, -0.15) is 0 Å². The van der Waals surface area contributed by atoms with Gasteiger partial charge in [-0.05, 0) is 48.4 Å². The Hall–Kier alpha value is -4.60. The van der Waals surface area contributed by atoms with Crippen LogP contribution < -0.4 is 33.5 Å². The highest BCUT2D eigenvalue weighted by molar-refractivity contribution is 5.98. The maximum absolute atomic E-state index is 14.3. The lowest BCUT2D eigenvalue weighted by molar-refractivity contribution is -0.138. The van der Waals surface area contributed by atoms with Gasteiger partial charge in [-0.25, -0.2) is 0 Å². The molecule has 2 aliphatic rings. The Labute approximate surface area is 252 Å². The lowest BCUT2D eigenvalue weighted by Gasteiger charge is -2.44. The Morgan fingerprint density at radius 1 is 0.698 bits per heavy atom. The number of anilines is 2. The fourth-order valence-corrected chi connectivity index (χ4v) is 6.06. The fraction of sp³-hybridized carbons (Fsp3) is 0.394. The molecule has 2 saturated heterocycles. The molecule has 228 valence electrons. The third-order valence-corrected chi connectivity index (χ3v) is 8.33. The van der Waals surface area contributed by atoms with Crippen molar-refractivity contribution in [2.75, 3.05) is 71.5 Å². The number of carbonyl (C=O) groups excluding carboxylic acids is 2. The van der Waals surface area contributed by atoms with E-state index in [1.807, 2.05) is 53.4 Å². The third-order valence-electron chi connectivity index (χ3n) is 8.33. The molecular formula is C33H39N3O7. The van der Waals surface area contributed by atoms with Crippen LogP contribution in [0.5, 0.6) is 28.7 Å². The average molecular weight is 590 g/mol. The van der Waals surface area contributed by atoms with Gasteiger partial charge in [0.05, 0.1) is 53.2 Å². The molecule has 0 aliphatic carbocycles. The molecule has 2 aliphatic heterocycles. The summed E-state index contributed by atoms with van der Waals surface area (Å²) in [5, 5.41) is 0. The van der Waals surface area contributed by atoms with E-state index < -0.39 is 12.0 Å². The number of methoxy groups -OCH3 is 5. The monoisotopic (exact) mass is 589 g/mol. The largest absolute Gasteiger partial charge is 0.497 e. The lowest BCUT2D eigenvalue weighted by Crippen LogP contribution is -2.54. The van der Waals surface area contributed by atoms with Gasteiger partial charge in [0.1, 0.15) is 11.5 Å². The molecule has 0 saturated carbocycles. The first-order chi connectivity index (χ1) is 20.9. The zero-order valence-corrected chi connectivity index (χ0v) is 25.4. The Morgan fingerprint density at radius 3 is 1.77 bits per heavy atom. The molecule has 0 aromatic heterocycles. The van der Waals surface area contributed by atoms with E-state index >= 15 is 0 Å². The molecule has 0 spiro atoms. The average Bonchev–Trinajstić information content (AvgIpc) is 3.07. The van der Waals surface area contributed by atoms with E-state index in [9.17, 15) is 9.59 Å². The maximum atomic E-state index is 14.3. The van der Waals surface area contributed by atoms with Crippen molar-refractivity contribution in [1.82, 2.24) is 4.90 Å². The zero-order valence-electron chi connectivity index (χ0n) is 25.4. The second-order valence-corrected chi connectivity index (χ2v) is 10.5. The molecule has 2 fully saturated rings. The molecule has 5 rings (SSSR count). The van der Waals surface area contributed by atoms with Gasteiger partial charge in [0.15, 0.2) is 11.5 Å². The highest BCUT2D eigenvalue weighted by Crippen LogP contribution is 2.46. The molecule has 0 radical (unpaired) electrons. The normalized spacial score (nSPS) is 18.7. The molecule has 3 aromatic rings. The molecule has 0 bridgehead atoms. The van der Waals surface area contributed by atoms with Crippen molar-refractivity contribution in [2.24, 2.45) is 5.92 Å². The first kappa shape index (κ1) is 29.9. The number of ether oxygens (including phenoxy) is 5. The summed E-state index contributed by atoms with van der Waals surface area (Å²) in [5.41, 5.74) is 2.51. The van der Waals surface area contributed by atoms with Crippen molar-refractivity contribution in [3.8, 4) is 28.7 Å². The Bertz CT molecular complexity index is 1390. The number of hydrogen-bond donors (Lipinski definition) is 0. The van der Waals surface area contributed by atoms with E-state index in [0.717, 1.165) is 17.0 Å². The molecule has 2 heterocycles. The van der Waals surface area contributed by atoms with Crippen LogP contribution in [0, 0.1) is 5.92 Å². The minimum absolute atomic E-state index is 0.0418. The summed E-state index contributed by atoms with van der Waals surface area (Å²) in [4.78, 5) is 33.9. The second kappa shape index (κ2) is 13.1. The topological polar surface area (TPSA) is 90.0 Å². The predicted octanol–water partition coefficient (Wildman–Crippen LogP) is 4.56. The van der Waals surface area contributed by atoms with Crippen LogP contribution in [0.15, 0.2) is 60.7 Å². The van der Waals surface area contributed by atoms with Crippen molar-refractivity contribution in [3.05, 3.63) is 66.2 Å². The Kier molecular flexibility index (Phi) is 9.13. The summed E-state index contributed by atoms with van der Waals surface area (Å²) in [7, 11) is 7.88. The molecule has 0 N–H and O–H groups in total. The standard InChI is InChI=1S/C33H39N3O7/c1-39-25-10-6-22(7-11-25)31-27(33(38)35-18-16-34(17-19-35)23-8-12-26(40-2)13-9-23)14-15-30(37)36(31)24-20-28(41-3)32(43-5)29(21-24)42-4/h6-13,20-21,27,31H,14-19H2,1-5H3/t27-,31-/m0/s1. The predicted molar refractivity (Wildman–Crippen MR) is 164 cm³/mol. The van der Waals surface area contributed by atoms with Crippen LogP contribution in [0.2, 0.25) is 0 Å². The van der Waals surface area contributed by atoms with Crippen LogP contribution in [-0.4, -0.2) is 78.4 Å². The smallest absolute Gasteiger partial charge is 0.228 e. The number of piperidine rings is 1. The first-order valence-electron chi connectivity index (χ1n) is 14.4. The van der Waals surface area contributed by atoms with E-state index in [2.05, 4.69) is 4.90 Å². The summed E-state index contributed by atoms with van der Waals surface area (Å²) in [5.74, 6) is 2.32. The van der Waals surface area contributed by atoms with E-state index in [1.54, 1.807) is 31.3 Å². The molecule has 3 aromatic carbocycles. The highest BCUT2D eigenvalue weighted by atomic mass is 16.5. The van der Waals surface area contributed by atoms with E-state index in [-0.39, 0.29) is 18.2 Å². The maximum Gasteiger partial charge on any atom is 0.228 e. The minimum Gasteiger partial charge on any atom is -0.497 e. The zero-order chi connectivity index (χ0) is 30.5. The van der Waals surface area contributed by atoms with Crippen molar-refractivity contribution < 1.29 is 33.3 Å². The number of nitrogens with zero attached hydrogens (tertiary/aromatic N) is 3.